The smallest absolute Gasteiger partial charge is 0.274 e. The average molecular weight is 226 g/mol. The minimum absolute atomic E-state index is 0.00694. The Hall–Kier alpha value is -1.26. The van der Waals surface area contributed by atoms with E-state index in [1.807, 2.05) is 0 Å². The van der Waals surface area contributed by atoms with Crippen LogP contribution in [-0.4, -0.2) is 19.5 Å². The minimum atomic E-state index is -1.68. The van der Waals surface area contributed by atoms with Crippen molar-refractivity contribution in [2.45, 2.75) is 12.7 Å². The zero-order chi connectivity index (χ0) is 11.4. The summed E-state index contributed by atoms with van der Waals surface area (Å²) in [5.74, 6) is 0. The molecule has 16 heavy (non-hydrogen) atoms. The fourth-order valence-corrected chi connectivity index (χ4v) is 1.64. The second kappa shape index (κ2) is 5.18. The number of rotatable bonds is 3. The molecule has 0 aromatic heterocycles. The maximum Gasteiger partial charge on any atom is 0.274 e. The summed E-state index contributed by atoms with van der Waals surface area (Å²) in [5.41, 5.74) is 0.508. The maximum atomic E-state index is 12.8. The van der Waals surface area contributed by atoms with Crippen LogP contribution in [0.2, 0.25) is 0 Å². The minimum Gasteiger partial charge on any atom is -0.350 e. The SMILES string of the molecule is FC(F)=C(CC1OCCO1)c1ccccc1. The van der Waals surface area contributed by atoms with Gasteiger partial charge in [0.15, 0.2) is 6.29 Å². The molecule has 86 valence electrons. The summed E-state index contributed by atoms with van der Waals surface area (Å²) in [6, 6.07) is 8.57. The van der Waals surface area contributed by atoms with Crippen LogP contribution in [0.5, 0.6) is 0 Å². The van der Waals surface area contributed by atoms with Crippen LogP contribution in [-0.2, 0) is 9.47 Å². The zero-order valence-corrected chi connectivity index (χ0v) is 8.66. The van der Waals surface area contributed by atoms with Gasteiger partial charge in [-0.25, -0.2) is 0 Å². The molecule has 0 bridgehead atoms. The van der Waals surface area contributed by atoms with Crippen LogP contribution >= 0.6 is 0 Å². The van der Waals surface area contributed by atoms with Gasteiger partial charge in [-0.2, -0.15) is 8.78 Å². The van der Waals surface area contributed by atoms with Gasteiger partial charge in [-0.05, 0) is 5.56 Å². The van der Waals surface area contributed by atoms with Gasteiger partial charge in [-0.15, -0.1) is 0 Å². The Labute approximate surface area is 92.5 Å². The molecule has 4 heteroatoms. The number of hydrogen-bond acceptors (Lipinski definition) is 2. The lowest BCUT2D eigenvalue weighted by atomic mass is 10.0. The highest BCUT2D eigenvalue weighted by Crippen LogP contribution is 2.27. The third kappa shape index (κ3) is 2.65. The highest BCUT2D eigenvalue weighted by Gasteiger charge is 2.21. The van der Waals surface area contributed by atoms with Crippen LogP contribution < -0.4 is 0 Å². The average Bonchev–Trinajstić information content (AvgIpc) is 2.79. The van der Waals surface area contributed by atoms with Crippen LogP contribution in [0, 0.1) is 0 Å². The summed E-state index contributed by atoms with van der Waals surface area (Å²) in [5, 5.41) is 0. The van der Waals surface area contributed by atoms with Gasteiger partial charge in [0.25, 0.3) is 6.08 Å². The van der Waals surface area contributed by atoms with E-state index in [2.05, 4.69) is 0 Å². The van der Waals surface area contributed by atoms with Gasteiger partial charge in [0.05, 0.1) is 13.2 Å². The lowest BCUT2D eigenvalue weighted by Crippen LogP contribution is -2.08. The molecule has 0 amide bonds. The van der Waals surface area contributed by atoms with Gasteiger partial charge in [0.2, 0.25) is 0 Å². The third-order valence-corrected chi connectivity index (χ3v) is 2.41. The van der Waals surface area contributed by atoms with Gasteiger partial charge in [0.1, 0.15) is 0 Å². The van der Waals surface area contributed by atoms with E-state index in [-0.39, 0.29) is 12.0 Å². The highest BCUT2D eigenvalue weighted by atomic mass is 19.3. The standard InChI is InChI=1S/C12H12F2O2/c13-12(14)10(8-11-15-6-7-16-11)9-4-2-1-3-5-9/h1-5,11H,6-8H2. The summed E-state index contributed by atoms with van der Waals surface area (Å²) < 4.78 is 35.9. The molecule has 1 saturated heterocycles. The van der Waals surface area contributed by atoms with Crippen molar-refractivity contribution in [1.29, 1.82) is 0 Å². The van der Waals surface area contributed by atoms with E-state index >= 15 is 0 Å². The van der Waals surface area contributed by atoms with E-state index in [9.17, 15) is 8.78 Å². The maximum absolute atomic E-state index is 12.8. The molecule has 0 saturated carbocycles. The lowest BCUT2D eigenvalue weighted by molar-refractivity contribution is -0.0367. The van der Waals surface area contributed by atoms with E-state index in [1.165, 1.54) is 0 Å². The number of hydrogen-bond donors (Lipinski definition) is 0. The largest absolute Gasteiger partial charge is 0.350 e. The Morgan fingerprint density at radius 3 is 2.31 bits per heavy atom. The molecule has 1 aliphatic heterocycles. The first-order chi connectivity index (χ1) is 7.77. The summed E-state index contributed by atoms with van der Waals surface area (Å²) in [7, 11) is 0. The first-order valence-electron chi connectivity index (χ1n) is 5.10. The Kier molecular flexibility index (Phi) is 3.64. The molecule has 0 N–H and O–H groups in total. The van der Waals surface area contributed by atoms with Crippen molar-refractivity contribution in [2.24, 2.45) is 0 Å². The van der Waals surface area contributed by atoms with Gasteiger partial charge >= 0.3 is 0 Å². The molecule has 0 unspecified atom stereocenters. The van der Waals surface area contributed by atoms with Crippen molar-refractivity contribution < 1.29 is 18.3 Å². The normalized spacial score (nSPS) is 16.4. The molecular weight excluding hydrogens is 214 g/mol. The van der Waals surface area contributed by atoms with Crippen LogP contribution in [0.3, 0.4) is 0 Å². The fraction of sp³-hybridized carbons (Fsp3) is 0.333. The molecule has 1 fully saturated rings. The van der Waals surface area contributed by atoms with Crippen LogP contribution in [0.4, 0.5) is 8.78 Å². The Balaban J connectivity index is 2.16. The molecule has 2 nitrogen and oxygen atoms in total. The molecule has 0 atom stereocenters. The van der Waals surface area contributed by atoms with Gasteiger partial charge in [-0.3, -0.25) is 0 Å². The van der Waals surface area contributed by atoms with Gasteiger partial charge in [0, 0.05) is 12.0 Å². The van der Waals surface area contributed by atoms with E-state index < -0.39 is 12.4 Å². The monoisotopic (exact) mass is 226 g/mol. The zero-order valence-electron chi connectivity index (χ0n) is 8.66. The molecule has 0 spiro atoms. The Morgan fingerprint density at radius 2 is 1.75 bits per heavy atom. The Morgan fingerprint density at radius 1 is 1.12 bits per heavy atom. The van der Waals surface area contributed by atoms with Crippen molar-refractivity contribution >= 4 is 5.57 Å². The van der Waals surface area contributed by atoms with E-state index in [1.54, 1.807) is 30.3 Å². The summed E-state index contributed by atoms with van der Waals surface area (Å²) >= 11 is 0. The van der Waals surface area contributed by atoms with Crippen molar-refractivity contribution in [2.75, 3.05) is 13.2 Å². The first-order valence-corrected chi connectivity index (χ1v) is 5.10. The van der Waals surface area contributed by atoms with Crippen molar-refractivity contribution in [3.05, 3.63) is 42.0 Å². The van der Waals surface area contributed by atoms with E-state index in [4.69, 9.17) is 9.47 Å². The summed E-state index contributed by atoms with van der Waals surface area (Å²) in [6.45, 7) is 0.946. The highest BCUT2D eigenvalue weighted by molar-refractivity contribution is 5.66. The first kappa shape index (κ1) is 11.2. The molecule has 1 aliphatic rings. The molecule has 1 aromatic rings. The summed E-state index contributed by atoms with van der Waals surface area (Å²) in [4.78, 5) is 0. The molecular formula is C12H12F2O2. The van der Waals surface area contributed by atoms with E-state index in [0.29, 0.717) is 18.8 Å². The van der Waals surface area contributed by atoms with Crippen LogP contribution in [0.1, 0.15) is 12.0 Å². The van der Waals surface area contributed by atoms with Gasteiger partial charge in [-0.1, -0.05) is 30.3 Å². The third-order valence-electron chi connectivity index (χ3n) is 2.41. The predicted molar refractivity (Wildman–Crippen MR) is 55.9 cm³/mol. The fourth-order valence-electron chi connectivity index (χ4n) is 1.64. The van der Waals surface area contributed by atoms with Crippen molar-refractivity contribution in [3.8, 4) is 0 Å². The van der Waals surface area contributed by atoms with E-state index in [0.717, 1.165) is 0 Å². The second-order valence-electron chi connectivity index (χ2n) is 3.48. The Bertz CT molecular complexity index is 366. The lowest BCUT2D eigenvalue weighted by Gasteiger charge is -2.11. The van der Waals surface area contributed by atoms with Crippen molar-refractivity contribution in [3.63, 3.8) is 0 Å². The molecule has 2 rings (SSSR count). The quantitative estimate of drug-likeness (QED) is 0.788. The number of benzene rings is 1. The summed E-state index contributed by atoms with van der Waals surface area (Å²) in [6.07, 6.45) is -2.13. The molecule has 0 radical (unpaired) electrons. The van der Waals surface area contributed by atoms with Crippen LogP contribution in [0.15, 0.2) is 36.4 Å². The number of ether oxygens (including phenoxy) is 2. The van der Waals surface area contributed by atoms with Gasteiger partial charge < -0.3 is 9.47 Å². The molecule has 1 heterocycles. The second-order valence-corrected chi connectivity index (χ2v) is 3.48. The van der Waals surface area contributed by atoms with Crippen molar-refractivity contribution in [1.82, 2.24) is 0 Å². The number of halogens is 2. The molecule has 1 aromatic carbocycles. The van der Waals surface area contributed by atoms with Crippen LogP contribution in [0.25, 0.3) is 5.57 Å². The topological polar surface area (TPSA) is 18.5 Å². The predicted octanol–water partition coefficient (Wildman–Crippen LogP) is 3.06. The molecule has 0 aliphatic carbocycles.